The molecule has 2 aliphatic carbocycles. The first kappa shape index (κ1) is 12.8. The maximum Gasteiger partial charge on any atom is 0.161 e. The molecule has 0 amide bonds. The summed E-state index contributed by atoms with van der Waals surface area (Å²) < 4.78 is 0. The lowest BCUT2D eigenvalue weighted by Gasteiger charge is -2.32. The number of thioether (sulfide) groups is 1. The average Bonchev–Trinajstić information content (AvgIpc) is 2.95. The van der Waals surface area contributed by atoms with Crippen molar-refractivity contribution >= 4 is 22.6 Å². The second-order valence-electron chi connectivity index (χ2n) is 6.32. The number of benzene rings is 1. The summed E-state index contributed by atoms with van der Waals surface area (Å²) in [5.74, 6) is 2.08. The quantitative estimate of drug-likeness (QED) is 0.834. The van der Waals surface area contributed by atoms with Crippen LogP contribution in [0.15, 0.2) is 23.2 Å². The molecule has 2 unspecified atom stereocenters. The van der Waals surface area contributed by atoms with Gasteiger partial charge in [0.2, 0.25) is 0 Å². The maximum absolute atomic E-state index is 4.96. The molecule has 3 aliphatic rings. The molecule has 2 nitrogen and oxygen atoms in total. The fraction of sp³-hybridized carbons (Fsp3) is 0.588. The third-order valence-corrected chi connectivity index (χ3v) is 6.01. The molecule has 1 heterocycles. The zero-order valence-corrected chi connectivity index (χ0v) is 12.7. The number of fused-ring (bicyclic) bond motifs is 2. The van der Waals surface area contributed by atoms with Gasteiger partial charge in [-0.25, -0.2) is 0 Å². The van der Waals surface area contributed by atoms with Crippen LogP contribution in [-0.2, 0) is 12.8 Å². The van der Waals surface area contributed by atoms with Gasteiger partial charge in [0.1, 0.15) is 0 Å². The molecule has 1 aromatic rings. The van der Waals surface area contributed by atoms with Crippen molar-refractivity contribution in [2.45, 2.75) is 51.0 Å². The van der Waals surface area contributed by atoms with Crippen molar-refractivity contribution in [2.24, 2.45) is 10.9 Å². The molecule has 0 radical (unpaired) electrons. The zero-order chi connectivity index (χ0) is 13.4. The minimum atomic E-state index is 0.585. The third-order valence-electron chi connectivity index (χ3n) is 4.94. The summed E-state index contributed by atoms with van der Waals surface area (Å²) in [6.45, 7) is 0. The highest BCUT2D eigenvalue weighted by molar-refractivity contribution is 8.14. The summed E-state index contributed by atoms with van der Waals surface area (Å²) in [6, 6.07) is 7.43. The van der Waals surface area contributed by atoms with Crippen molar-refractivity contribution in [2.75, 3.05) is 11.1 Å². The topological polar surface area (TPSA) is 24.4 Å². The highest BCUT2D eigenvalue weighted by Gasteiger charge is 2.29. The lowest BCUT2D eigenvalue weighted by Crippen LogP contribution is -2.31. The molecule has 3 heteroatoms. The Balaban J connectivity index is 1.50. The van der Waals surface area contributed by atoms with Gasteiger partial charge in [-0.15, -0.1) is 0 Å². The van der Waals surface area contributed by atoms with Gasteiger partial charge in [0.15, 0.2) is 5.17 Å². The summed E-state index contributed by atoms with van der Waals surface area (Å²) in [4.78, 5) is 4.96. The van der Waals surface area contributed by atoms with E-state index in [1.165, 1.54) is 61.9 Å². The SMILES string of the molecule is c1cc2c(cc1NC1=NC3CCCCC3CS1)CCC2. The number of amidine groups is 1. The number of hydrogen-bond acceptors (Lipinski definition) is 3. The Bertz CT molecular complexity index is 538. The second-order valence-corrected chi connectivity index (χ2v) is 7.33. The summed E-state index contributed by atoms with van der Waals surface area (Å²) in [5.41, 5.74) is 4.30. The summed E-state index contributed by atoms with van der Waals surface area (Å²) in [6.07, 6.45) is 9.27. The predicted octanol–water partition coefficient (Wildman–Crippen LogP) is 4.25. The molecule has 1 saturated carbocycles. The lowest BCUT2D eigenvalue weighted by molar-refractivity contribution is 0.336. The van der Waals surface area contributed by atoms with Crippen molar-refractivity contribution in [1.29, 1.82) is 0 Å². The average molecular weight is 286 g/mol. The summed E-state index contributed by atoms with van der Waals surface area (Å²) in [7, 11) is 0. The third kappa shape index (κ3) is 2.48. The van der Waals surface area contributed by atoms with Crippen LogP contribution in [0.4, 0.5) is 5.69 Å². The smallest absolute Gasteiger partial charge is 0.161 e. The van der Waals surface area contributed by atoms with Crippen LogP contribution < -0.4 is 5.32 Å². The Morgan fingerprint density at radius 1 is 1.05 bits per heavy atom. The van der Waals surface area contributed by atoms with Crippen molar-refractivity contribution in [3.8, 4) is 0 Å². The van der Waals surface area contributed by atoms with E-state index in [9.17, 15) is 0 Å². The van der Waals surface area contributed by atoms with Crippen LogP contribution in [-0.4, -0.2) is 17.0 Å². The first-order valence-electron chi connectivity index (χ1n) is 7.98. The van der Waals surface area contributed by atoms with Crippen molar-refractivity contribution in [3.63, 3.8) is 0 Å². The minimum Gasteiger partial charge on any atom is -0.335 e. The molecule has 1 aliphatic heterocycles. The zero-order valence-electron chi connectivity index (χ0n) is 11.9. The van der Waals surface area contributed by atoms with Crippen LogP contribution in [0, 0.1) is 5.92 Å². The number of nitrogens with zero attached hydrogens (tertiary/aromatic N) is 1. The molecule has 1 aromatic carbocycles. The molecule has 4 rings (SSSR count). The number of aryl methyl sites for hydroxylation is 2. The van der Waals surface area contributed by atoms with Gasteiger partial charge >= 0.3 is 0 Å². The molecule has 106 valence electrons. The number of rotatable bonds is 1. The fourth-order valence-corrected chi connectivity index (χ4v) is 4.93. The number of aliphatic imine (C=N–C) groups is 1. The van der Waals surface area contributed by atoms with Gasteiger partial charge in [0.05, 0.1) is 6.04 Å². The fourth-order valence-electron chi connectivity index (χ4n) is 3.77. The Labute approximate surface area is 125 Å². The number of hydrogen-bond donors (Lipinski definition) is 1. The molecule has 0 bridgehead atoms. The lowest BCUT2D eigenvalue weighted by atomic mass is 9.86. The molecule has 0 saturated heterocycles. The first-order valence-corrected chi connectivity index (χ1v) is 8.96. The highest BCUT2D eigenvalue weighted by Crippen LogP contribution is 2.34. The van der Waals surface area contributed by atoms with Crippen LogP contribution in [0.2, 0.25) is 0 Å². The van der Waals surface area contributed by atoms with Gasteiger partial charge in [-0.2, -0.15) is 0 Å². The van der Waals surface area contributed by atoms with Gasteiger partial charge < -0.3 is 5.32 Å². The van der Waals surface area contributed by atoms with E-state index in [0.717, 1.165) is 11.1 Å². The van der Waals surface area contributed by atoms with E-state index in [1.54, 1.807) is 5.56 Å². The predicted molar refractivity (Wildman–Crippen MR) is 87.7 cm³/mol. The summed E-state index contributed by atoms with van der Waals surface area (Å²) in [5, 5.41) is 4.70. The molecular formula is C17H22N2S. The Morgan fingerprint density at radius 3 is 2.95 bits per heavy atom. The van der Waals surface area contributed by atoms with Crippen LogP contribution in [0.5, 0.6) is 0 Å². The monoisotopic (exact) mass is 286 g/mol. The second kappa shape index (κ2) is 5.44. The highest BCUT2D eigenvalue weighted by atomic mass is 32.2. The van der Waals surface area contributed by atoms with Gasteiger partial charge in [-0.05, 0) is 61.3 Å². The first-order chi connectivity index (χ1) is 9.88. The van der Waals surface area contributed by atoms with E-state index in [4.69, 9.17) is 4.99 Å². The number of nitrogens with one attached hydrogen (secondary N) is 1. The van der Waals surface area contributed by atoms with Crippen molar-refractivity contribution in [1.82, 2.24) is 0 Å². The van der Waals surface area contributed by atoms with Crippen LogP contribution in [0.3, 0.4) is 0 Å². The van der Waals surface area contributed by atoms with Gasteiger partial charge in [0, 0.05) is 11.4 Å². The van der Waals surface area contributed by atoms with Crippen LogP contribution in [0.1, 0.15) is 43.2 Å². The van der Waals surface area contributed by atoms with Gasteiger partial charge in [-0.3, -0.25) is 4.99 Å². The molecule has 20 heavy (non-hydrogen) atoms. The van der Waals surface area contributed by atoms with Gasteiger partial charge in [0.25, 0.3) is 0 Å². The van der Waals surface area contributed by atoms with E-state index in [1.807, 2.05) is 11.8 Å². The standard InChI is InChI=1S/C17H22N2S/c1-2-7-16-14(4-1)11-20-17(19-16)18-15-9-8-12-5-3-6-13(12)10-15/h8-10,14,16H,1-7,11H2,(H,18,19). The Kier molecular flexibility index (Phi) is 3.47. The molecule has 0 aromatic heterocycles. The van der Waals surface area contributed by atoms with Crippen molar-refractivity contribution < 1.29 is 0 Å². The van der Waals surface area contributed by atoms with E-state index in [0.29, 0.717) is 6.04 Å². The molecule has 0 spiro atoms. The van der Waals surface area contributed by atoms with Gasteiger partial charge in [-0.1, -0.05) is 30.7 Å². The van der Waals surface area contributed by atoms with Crippen LogP contribution >= 0.6 is 11.8 Å². The van der Waals surface area contributed by atoms with E-state index in [2.05, 4.69) is 23.5 Å². The van der Waals surface area contributed by atoms with Crippen molar-refractivity contribution in [3.05, 3.63) is 29.3 Å². The largest absolute Gasteiger partial charge is 0.335 e. The van der Waals surface area contributed by atoms with E-state index < -0.39 is 0 Å². The Morgan fingerprint density at radius 2 is 1.95 bits per heavy atom. The Hall–Kier alpha value is -0.960. The van der Waals surface area contributed by atoms with E-state index >= 15 is 0 Å². The molecular weight excluding hydrogens is 264 g/mol. The van der Waals surface area contributed by atoms with E-state index in [-0.39, 0.29) is 0 Å². The maximum atomic E-state index is 4.96. The minimum absolute atomic E-state index is 0.585. The summed E-state index contributed by atoms with van der Waals surface area (Å²) >= 11 is 1.92. The molecule has 1 fully saturated rings. The normalized spacial score (nSPS) is 28.5. The number of anilines is 1. The van der Waals surface area contributed by atoms with Crippen LogP contribution in [0.25, 0.3) is 0 Å². The molecule has 1 N–H and O–H groups in total. The molecule has 2 atom stereocenters.